The number of thiophene rings is 1. The summed E-state index contributed by atoms with van der Waals surface area (Å²) in [5, 5.41) is 4.25. The minimum absolute atomic E-state index is 0.129. The number of hydrogen-bond donors (Lipinski definition) is 0. The topological polar surface area (TPSA) is 63.2 Å². The maximum absolute atomic E-state index is 13.8. The van der Waals surface area contributed by atoms with Gasteiger partial charge in [0.1, 0.15) is 4.83 Å². The second-order valence-corrected chi connectivity index (χ2v) is 14.1. The number of carbonyl (C=O) groups excluding carboxylic acids is 2. The highest BCUT2D eigenvalue weighted by atomic mass is 32.1. The van der Waals surface area contributed by atoms with Crippen LogP contribution in [0.2, 0.25) is 0 Å². The van der Waals surface area contributed by atoms with Crippen molar-refractivity contribution in [3.63, 3.8) is 0 Å². The van der Waals surface area contributed by atoms with Crippen LogP contribution in [-0.2, 0) is 9.59 Å². The molecule has 1 aliphatic heterocycles. The van der Waals surface area contributed by atoms with E-state index in [1.54, 1.807) is 11.3 Å². The van der Waals surface area contributed by atoms with Crippen LogP contribution >= 0.6 is 11.3 Å². The lowest BCUT2D eigenvalue weighted by Gasteiger charge is -2.28. The molecule has 0 aliphatic carbocycles. The van der Waals surface area contributed by atoms with Crippen molar-refractivity contribution in [2.24, 2.45) is 10.8 Å². The summed E-state index contributed by atoms with van der Waals surface area (Å²) in [6.07, 6.45) is 0. The SMILES string of the molecule is CC1(C)C(=O)N(c2nc(-c3cccc(-c4ccc(-c5ccccc5)cc4)c3)c3c(n2)sc2ccc4ccccc4c23)C(=O)C1(C)C. The largest absolute Gasteiger partial charge is 0.273 e. The first kappa shape index (κ1) is 28.3. The van der Waals surface area contributed by atoms with Gasteiger partial charge in [0, 0.05) is 21.0 Å². The highest BCUT2D eigenvalue weighted by Gasteiger charge is 2.60. The molecular weight excluding hydrogens is 587 g/mol. The number of amides is 2. The van der Waals surface area contributed by atoms with Gasteiger partial charge in [0.2, 0.25) is 17.8 Å². The van der Waals surface area contributed by atoms with E-state index in [1.807, 2.05) is 70.2 Å². The molecule has 0 spiro atoms. The molecule has 46 heavy (non-hydrogen) atoms. The molecule has 8 rings (SSSR count). The molecule has 6 heteroatoms. The molecular formula is C40H31N3O2S. The lowest BCUT2D eigenvalue weighted by Crippen LogP contribution is -2.35. The molecule has 0 unspecified atom stereocenters. The standard InChI is InChI=1S/C40H31N3O2S/c1-39(2)36(44)43(37(45)40(39,3)4)38-41-34(33-32-30-16-9-8-13-27(30)21-22-31(32)46-35(33)42-38)29-15-10-14-28(23-29)26-19-17-25(18-20-26)24-11-6-5-7-12-24/h5-23H,1-4H3. The van der Waals surface area contributed by atoms with Gasteiger partial charge in [0.25, 0.3) is 0 Å². The first-order chi connectivity index (χ1) is 22.1. The Kier molecular flexibility index (Phi) is 6.25. The number of carbonyl (C=O) groups is 2. The van der Waals surface area contributed by atoms with Crippen molar-refractivity contribution in [1.29, 1.82) is 0 Å². The van der Waals surface area contributed by atoms with E-state index in [4.69, 9.17) is 9.97 Å². The van der Waals surface area contributed by atoms with Crippen molar-refractivity contribution >= 4 is 60.2 Å². The Morgan fingerprint density at radius 1 is 0.565 bits per heavy atom. The van der Waals surface area contributed by atoms with Crippen LogP contribution in [-0.4, -0.2) is 21.8 Å². The van der Waals surface area contributed by atoms with Crippen molar-refractivity contribution in [3.8, 4) is 33.5 Å². The van der Waals surface area contributed by atoms with Gasteiger partial charge < -0.3 is 0 Å². The number of hydrogen-bond acceptors (Lipinski definition) is 5. The number of imide groups is 1. The molecule has 0 radical (unpaired) electrons. The van der Waals surface area contributed by atoms with E-state index in [-0.39, 0.29) is 17.8 Å². The molecule has 0 bridgehead atoms. The van der Waals surface area contributed by atoms with Gasteiger partial charge in [-0.1, -0.05) is 103 Å². The van der Waals surface area contributed by atoms with Crippen LogP contribution in [0.5, 0.6) is 0 Å². The Labute approximate surface area is 271 Å². The molecule has 0 atom stereocenters. The third kappa shape index (κ3) is 4.13. The summed E-state index contributed by atoms with van der Waals surface area (Å²) in [6, 6.07) is 39.8. The second kappa shape index (κ2) is 10.2. The number of fused-ring (bicyclic) bond motifs is 5. The summed E-state index contributed by atoms with van der Waals surface area (Å²) in [5.74, 6) is -0.442. The highest BCUT2D eigenvalue weighted by molar-refractivity contribution is 7.25. The molecule has 2 amide bonds. The van der Waals surface area contributed by atoms with Crippen molar-refractivity contribution < 1.29 is 9.59 Å². The minimum atomic E-state index is -0.898. The van der Waals surface area contributed by atoms with Crippen LogP contribution in [0, 0.1) is 10.8 Å². The molecule has 3 heterocycles. The smallest absolute Gasteiger partial charge is 0.242 e. The van der Waals surface area contributed by atoms with Gasteiger partial charge in [-0.2, -0.15) is 0 Å². The zero-order chi connectivity index (χ0) is 31.8. The first-order valence-electron chi connectivity index (χ1n) is 15.4. The summed E-state index contributed by atoms with van der Waals surface area (Å²) >= 11 is 1.56. The van der Waals surface area contributed by atoms with E-state index in [1.165, 1.54) is 10.5 Å². The molecule has 7 aromatic rings. The summed E-state index contributed by atoms with van der Waals surface area (Å²) in [7, 11) is 0. The Hall–Kier alpha value is -5.20. The van der Waals surface area contributed by atoms with Crippen LogP contribution in [0.3, 0.4) is 0 Å². The van der Waals surface area contributed by atoms with Crippen LogP contribution in [0.25, 0.3) is 64.6 Å². The molecule has 0 saturated carbocycles. The summed E-state index contributed by atoms with van der Waals surface area (Å²) in [4.78, 5) is 39.5. The lowest BCUT2D eigenvalue weighted by atomic mass is 9.70. The van der Waals surface area contributed by atoms with E-state index in [9.17, 15) is 9.59 Å². The van der Waals surface area contributed by atoms with Crippen molar-refractivity contribution in [2.45, 2.75) is 27.7 Å². The van der Waals surface area contributed by atoms with E-state index < -0.39 is 10.8 Å². The van der Waals surface area contributed by atoms with Gasteiger partial charge in [-0.15, -0.1) is 11.3 Å². The lowest BCUT2D eigenvalue weighted by molar-refractivity contribution is -0.129. The fourth-order valence-electron chi connectivity index (χ4n) is 6.43. The van der Waals surface area contributed by atoms with Gasteiger partial charge in [-0.3, -0.25) is 9.59 Å². The molecule has 5 aromatic carbocycles. The predicted molar refractivity (Wildman–Crippen MR) is 189 cm³/mol. The average molecular weight is 618 g/mol. The second-order valence-electron chi connectivity index (χ2n) is 13.0. The molecule has 1 fully saturated rings. The molecule has 5 nitrogen and oxygen atoms in total. The van der Waals surface area contributed by atoms with Gasteiger partial charge in [-0.25, -0.2) is 14.9 Å². The highest BCUT2D eigenvalue weighted by Crippen LogP contribution is 2.49. The molecule has 0 N–H and O–H groups in total. The molecule has 1 saturated heterocycles. The van der Waals surface area contributed by atoms with Crippen LogP contribution < -0.4 is 4.90 Å². The van der Waals surface area contributed by atoms with E-state index in [0.717, 1.165) is 53.3 Å². The van der Waals surface area contributed by atoms with E-state index >= 15 is 0 Å². The maximum atomic E-state index is 13.8. The summed E-state index contributed by atoms with van der Waals surface area (Å²) in [5.41, 5.74) is 4.26. The monoisotopic (exact) mass is 617 g/mol. The minimum Gasteiger partial charge on any atom is -0.273 e. The van der Waals surface area contributed by atoms with Crippen LogP contribution in [0.4, 0.5) is 5.95 Å². The van der Waals surface area contributed by atoms with Crippen molar-refractivity contribution in [3.05, 3.63) is 115 Å². The normalized spacial score (nSPS) is 15.8. The van der Waals surface area contributed by atoms with Gasteiger partial charge in [0.15, 0.2) is 0 Å². The Morgan fingerprint density at radius 3 is 1.87 bits per heavy atom. The zero-order valence-electron chi connectivity index (χ0n) is 26.0. The van der Waals surface area contributed by atoms with Gasteiger partial charge >= 0.3 is 0 Å². The van der Waals surface area contributed by atoms with E-state index in [0.29, 0.717) is 5.69 Å². The fraction of sp³-hybridized carbons (Fsp3) is 0.150. The molecule has 224 valence electrons. The Balaban J connectivity index is 1.35. The number of benzene rings is 5. The predicted octanol–water partition coefficient (Wildman–Crippen LogP) is 9.92. The van der Waals surface area contributed by atoms with E-state index in [2.05, 4.69) is 72.8 Å². The third-order valence-electron chi connectivity index (χ3n) is 9.91. The van der Waals surface area contributed by atoms with Crippen molar-refractivity contribution in [2.75, 3.05) is 4.90 Å². The first-order valence-corrected chi connectivity index (χ1v) is 16.2. The fourth-order valence-corrected chi connectivity index (χ4v) is 7.52. The Bertz CT molecular complexity index is 2330. The maximum Gasteiger partial charge on any atom is 0.242 e. The summed E-state index contributed by atoms with van der Waals surface area (Å²) < 4.78 is 1.08. The molecule has 2 aromatic heterocycles. The van der Waals surface area contributed by atoms with Crippen LogP contribution in [0.1, 0.15) is 27.7 Å². The number of rotatable bonds is 4. The number of anilines is 1. The number of nitrogens with zero attached hydrogens (tertiary/aromatic N) is 3. The molecule has 1 aliphatic rings. The summed E-state index contributed by atoms with van der Waals surface area (Å²) in [6.45, 7) is 7.30. The van der Waals surface area contributed by atoms with Gasteiger partial charge in [-0.05, 0) is 72.9 Å². The zero-order valence-corrected chi connectivity index (χ0v) is 26.9. The quantitative estimate of drug-likeness (QED) is 0.184. The van der Waals surface area contributed by atoms with Crippen molar-refractivity contribution in [1.82, 2.24) is 9.97 Å². The van der Waals surface area contributed by atoms with Crippen LogP contribution in [0.15, 0.2) is 115 Å². The average Bonchev–Trinajstić information content (AvgIpc) is 3.52. The third-order valence-corrected chi connectivity index (χ3v) is 11.0. The Morgan fingerprint density at radius 2 is 1.15 bits per heavy atom. The van der Waals surface area contributed by atoms with Gasteiger partial charge in [0.05, 0.1) is 16.5 Å². The number of aromatic nitrogens is 2.